The van der Waals surface area contributed by atoms with E-state index >= 15 is 0 Å². The Balaban J connectivity index is 0.000001000. The van der Waals surface area contributed by atoms with Crippen molar-refractivity contribution in [2.45, 2.75) is 26.7 Å². The molecule has 0 fully saturated rings. The second-order valence-electron chi connectivity index (χ2n) is 2.11. The third-order valence-electron chi connectivity index (χ3n) is 1.52. The van der Waals surface area contributed by atoms with Crippen molar-refractivity contribution >= 4 is 51.4 Å². The number of aromatic nitrogens is 3. The average Bonchev–Trinajstić information content (AvgIpc) is 2.04. The van der Waals surface area contributed by atoms with Crippen LogP contribution in [-0.2, 0) is 12.8 Å². The summed E-state index contributed by atoms with van der Waals surface area (Å²) in [5.41, 5.74) is 2.27. The van der Waals surface area contributed by atoms with Gasteiger partial charge in [-0.25, -0.2) is 0 Å². The van der Waals surface area contributed by atoms with Gasteiger partial charge in [-0.1, -0.05) is 13.8 Å². The third-order valence-corrected chi connectivity index (χ3v) is 1.52. The molecule has 0 aliphatic carbocycles. The second-order valence-corrected chi connectivity index (χ2v) is 2.11. The Morgan fingerprint density at radius 1 is 1.27 bits per heavy atom. The molecule has 0 unspecified atom stereocenters. The molecule has 0 spiro atoms. The van der Waals surface area contributed by atoms with Crippen LogP contribution in [0.25, 0.3) is 0 Å². The molecule has 1 aromatic heterocycles. The van der Waals surface area contributed by atoms with Crippen LogP contribution in [0, 0.1) is 0 Å². The van der Waals surface area contributed by atoms with Crippen molar-refractivity contribution in [3.05, 3.63) is 17.5 Å². The Kier molecular flexibility index (Phi) is 6.56. The second kappa shape index (κ2) is 6.19. The molecule has 1 rings (SSSR count). The number of rotatable bonds is 2. The van der Waals surface area contributed by atoms with Crippen molar-refractivity contribution < 1.29 is 0 Å². The molecule has 0 saturated carbocycles. The van der Waals surface area contributed by atoms with Gasteiger partial charge in [-0.15, -0.1) is 10.2 Å². The van der Waals surface area contributed by atoms with Crippen molar-refractivity contribution in [2.24, 2.45) is 0 Å². The third kappa shape index (κ3) is 3.25. The molecular formula is C7H12KN3. The van der Waals surface area contributed by atoms with Crippen LogP contribution in [0.1, 0.15) is 25.1 Å². The van der Waals surface area contributed by atoms with Gasteiger partial charge in [0.2, 0.25) is 0 Å². The van der Waals surface area contributed by atoms with E-state index in [1.54, 1.807) is 6.20 Å². The topological polar surface area (TPSA) is 38.7 Å². The summed E-state index contributed by atoms with van der Waals surface area (Å²) < 4.78 is 0. The van der Waals surface area contributed by atoms with Gasteiger partial charge in [-0.2, -0.15) is 0 Å². The maximum absolute atomic E-state index is 3.91. The first kappa shape index (κ1) is 11.6. The maximum atomic E-state index is 3.91. The van der Waals surface area contributed by atoms with Gasteiger partial charge in [0, 0.05) is 0 Å². The molecule has 0 aliphatic heterocycles. The number of aryl methyl sites for hydroxylation is 2. The molecule has 0 amide bonds. The fourth-order valence-electron chi connectivity index (χ4n) is 0.907. The van der Waals surface area contributed by atoms with Gasteiger partial charge >= 0.3 is 51.4 Å². The summed E-state index contributed by atoms with van der Waals surface area (Å²) in [5, 5.41) is 11.2. The molecule has 0 aromatic carbocycles. The zero-order valence-electron chi connectivity index (χ0n) is 6.33. The predicted octanol–water partition coefficient (Wildman–Crippen LogP) is 0.348. The van der Waals surface area contributed by atoms with Crippen LogP contribution < -0.4 is 0 Å². The Labute approximate surface area is 109 Å². The van der Waals surface area contributed by atoms with E-state index in [1.165, 1.54) is 5.56 Å². The fourth-order valence-corrected chi connectivity index (χ4v) is 0.907. The van der Waals surface area contributed by atoms with Gasteiger partial charge in [-0.05, 0) is 23.6 Å². The molecule has 11 heavy (non-hydrogen) atoms. The molecule has 4 heteroatoms. The molecule has 0 saturated heterocycles. The zero-order valence-corrected chi connectivity index (χ0v) is 6.33. The molecule has 0 N–H and O–H groups in total. The quantitative estimate of drug-likeness (QED) is 0.612. The summed E-state index contributed by atoms with van der Waals surface area (Å²) in [6.07, 6.45) is 3.72. The van der Waals surface area contributed by atoms with E-state index in [0.717, 1.165) is 18.5 Å². The molecular weight excluding hydrogens is 165 g/mol. The van der Waals surface area contributed by atoms with Crippen molar-refractivity contribution in [2.75, 3.05) is 0 Å². The first-order valence-corrected chi connectivity index (χ1v) is 3.54. The van der Waals surface area contributed by atoms with Crippen molar-refractivity contribution in [3.63, 3.8) is 0 Å². The molecule has 0 radical (unpaired) electrons. The van der Waals surface area contributed by atoms with Gasteiger partial charge < -0.3 is 0 Å². The zero-order chi connectivity index (χ0) is 7.40. The van der Waals surface area contributed by atoms with Gasteiger partial charge in [-0.3, -0.25) is 0 Å². The summed E-state index contributed by atoms with van der Waals surface area (Å²) in [7, 11) is 0. The van der Waals surface area contributed by atoms with E-state index in [2.05, 4.69) is 29.3 Å². The summed E-state index contributed by atoms with van der Waals surface area (Å²) in [6.45, 7) is 4.17. The van der Waals surface area contributed by atoms with Crippen molar-refractivity contribution in [1.29, 1.82) is 0 Å². The Bertz CT molecular complexity index is 192. The number of hydrogen-bond donors (Lipinski definition) is 0. The molecule has 0 bridgehead atoms. The van der Waals surface area contributed by atoms with Crippen molar-refractivity contribution in [3.8, 4) is 0 Å². The van der Waals surface area contributed by atoms with Gasteiger partial charge in [0.05, 0.1) is 11.9 Å². The van der Waals surface area contributed by atoms with Crippen molar-refractivity contribution in [1.82, 2.24) is 15.4 Å². The first-order chi connectivity index (χ1) is 4.88. The van der Waals surface area contributed by atoms with E-state index in [1.807, 2.05) is 0 Å². The van der Waals surface area contributed by atoms with Crippen LogP contribution in [0.5, 0.6) is 0 Å². The normalized spacial score (nSPS) is 8.91. The summed E-state index contributed by atoms with van der Waals surface area (Å²) in [6, 6.07) is 0. The van der Waals surface area contributed by atoms with Crippen LogP contribution in [-0.4, -0.2) is 66.8 Å². The minimum absolute atomic E-state index is 0. The van der Waals surface area contributed by atoms with Crippen LogP contribution in [0.3, 0.4) is 0 Å². The molecule has 56 valence electrons. The fraction of sp³-hybridized carbons (Fsp3) is 0.571. The monoisotopic (exact) mass is 177 g/mol. The van der Waals surface area contributed by atoms with E-state index < -0.39 is 0 Å². The minimum atomic E-state index is 0. The SMILES string of the molecule is CCc1cnnnc1CC.[KH]. The van der Waals surface area contributed by atoms with Crippen LogP contribution in [0.2, 0.25) is 0 Å². The predicted molar refractivity (Wildman–Crippen MR) is 45.7 cm³/mol. The molecule has 3 nitrogen and oxygen atoms in total. The van der Waals surface area contributed by atoms with Gasteiger partial charge in [0.1, 0.15) is 0 Å². The van der Waals surface area contributed by atoms with E-state index in [0.29, 0.717) is 0 Å². The average molecular weight is 177 g/mol. The van der Waals surface area contributed by atoms with Crippen LogP contribution in [0.15, 0.2) is 6.20 Å². The van der Waals surface area contributed by atoms with E-state index in [9.17, 15) is 0 Å². The molecule has 0 atom stereocenters. The molecule has 1 heterocycles. The van der Waals surface area contributed by atoms with Crippen LogP contribution in [0.4, 0.5) is 0 Å². The van der Waals surface area contributed by atoms with E-state index in [4.69, 9.17) is 0 Å². The molecule has 1 aromatic rings. The number of hydrogen-bond acceptors (Lipinski definition) is 3. The Morgan fingerprint density at radius 2 is 2.00 bits per heavy atom. The number of nitrogens with zero attached hydrogens (tertiary/aromatic N) is 3. The first-order valence-electron chi connectivity index (χ1n) is 3.54. The Hall–Kier alpha value is 0.646. The van der Waals surface area contributed by atoms with E-state index in [-0.39, 0.29) is 51.4 Å². The summed E-state index contributed by atoms with van der Waals surface area (Å²) >= 11 is 0. The summed E-state index contributed by atoms with van der Waals surface area (Å²) in [4.78, 5) is 0. The molecule has 0 aliphatic rings. The standard InChI is InChI=1S/C7H11N3.K.H/c1-3-6-5-8-10-9-7(6)4-2;;/h5H,3-4H2,1-2H3;;. The van der Waals surface area contributed by atoms with Crippen LogP contribution >= 0.6 is 0 Å². The Morgan fingerprint density at radius 3 is 2.45 bits per heavy atom. The van der Waals surface area contributed by atoms with Gasteiger partial charge in [0.25, 0.3) is 0 Å². The van der Waals surface area contributed by atoms with Gasteiger partial charge in [0.15, 0.2) is 0 Å². The summed E-state index contributed by atoms with van der Waals surface area (Å²) in [5.74, 6) is 0.